The van der Waals surface area contributed by atoms with Crippen molar-refractivity contribution in [1.82, 2.24) is 9.88 Å². The van der Waals surface area contributed by atoms with Crippen molar-refractivity contribution >= 4 is 38.7 Å². The highest BCUT2D eigenvalue weighted by Gasteiger charge is 2.16. The highest BCUT2D eigenvalue weighted by Crippen LogP contribution is 2.26. The van der Waals surface area contributed by atoms with Crippen LogP contribution in [0.1, 0.15) is 12.5 Å². The number of carbonyl (C=O) groups is 2. The molecule has 0 aliphatic carbocycles. The van der Waals surface area contributed by atoms with Crippen LogP contribution in [-0.4, -0.2) is 40.1 Å². The third-order valence-electron chi connectivity index (χ3n) is 2.75. The van der Waals surface area contributed by atoms with Crippen molar-refractivity contribution < 1.29 is 14.7 Å². The van der Waals surface area contributed by atoms with E-state index in [-0.39, 0.29) is 6.54 Å². The quantitative estimate of drug-likeness (QED) is 0.907. The van der Waals surface area contributed by atoms with Crippen molar-refractivity contribution in [2.24, 2.45) is 0 Å². The zero-order valence-electron chi connectivity index (χ0n) is 11.2. The first-order valence-electron chi connectivity index (χ1n) is 6.14. The van der Waals surface area contributed by atoms with Gasteiger partial charge in [0.05, 0.1) is 10.2 Å². The number of carboxylic acids is 1. The van der Waals surface area contributed by atoms with Crippen LogP contribution in [-0.2, 0) is 4.79 Å². The van der Waals surface area contributed by atoms with E-state index in [4.69, 9.17) is 5.11 Å². The second-order valence-electron chi connectivity index (χ2n) is 4.33. The molecule has 2 rings (SSSR count). The van der Waals surface area contributed by atoms with Gasteiger partial charge in [-0.2, -0.15) is 0 Å². The van der Waals surface area contributed by atoms with Crippen LogP contribution in [0.4, 0.5) is 9.93 Å². The Labute approximate surface area is 120 Å². The van der Waals surface area contributed by atoms with Crippen LogP contribution in [0.5, 0.6) is 0 Å². The molecule has 0 bridgehead atoms. The van der Waals surface area contributed by atoms with E-state index in [1.807, 2.05) is 25.1 Å². The molecule has 1 aromatic heterocycles. The van der Waals surface area contributed by atoms with Crippen molar-refractivity contribution in [3.63, 3.8) is 0 Å². The van der Waals surface area contributed by atoms with Crippen molar-refractivity contribution in [2.75, 3.05) is 18.4 Å². The molecule has 1 heterocycles. The SMILES string of the molecule is CCN(CC(=O)O)C(=O)Nc1nc2ccc(C)cc2s1. The lowest BCUT2D eigenvalue weighted by molar-refractivity contribution is -0.137. The van der Waals surface area contributed by atoms with E-state index in [9.17, 15) is 9.59 Å². The van der Waals surface area contributed by atoms with Crippen LogP contribution in [0.3, 0.4) is 0 Å². The summed E-state index contributed by atoms with van der Waals surface area (Å²) in [5, 5.41) is 11.9. The molecular weight excluding hydrogens is 278 g/mol. The molecule has 0 radical (unpaired) electrons. The molecule has 0 aliphatic heterocycles. The molecule has 2 amide bonds. The number of nitrogens with zero attached hydrogens (tertiary/aromatic N) is 2. The van der Waals surface area contributed by atoms with E-state index in [0.717, 1.165) is 15.8 Å². The predicted octanol–water partition coefficient (Wildman–Crippen LogP) is 2.54. The second-order valence-corrected chi connectivity index (χ2v) is 5.36. The molecule has 0 fully saturated rings. The molecule has 2 aromatic rings. The maximum absolute atomic E-state index is 11.9. The smallest absolute Gasteiger partial charge is 0.324 e. The van der Waals surface area contributed by atoms with Crippen LogP contribution < -0.4 is 5.32 Å². The molecule has 0 saturated carbocycles. The summed E-state index contributed by atoms with van der Waals surface area (Å²) in [6.07, 6.45) is 0. The summed E-state index contributed by atoms with van der Waals surface area (Å²) in [6, 6.07) is 5.39. The molecule has 0 atom stereocenters. The van der Waals surface area contributed by atoms with Gasteiger partial charge < -0.3 is 10.0 Å². The van der Waals surface area contributed by atoms with Gasteiger partial charge in [0.25, 0.3) is 0 Å². The average Bonchev–Trinajstić information content (AvgIpc) is 2.76. The van der Waals surface area contributed by atoms with Gasteiger partial charge in [-0.05, 0) is 31.5 Å². The van der Waals surface area contributed by atoms with E-state index >= 15 is 0 Å². The number of likely N-dealkylation sites (N-methyl/N-ethyl adjacent to an activating group) is 1. The molecular formula is C13H15N3O3S. The lowest BCUT2D eigenvalue weighted by atomic mass is 10.2. The third-order valence-corrected chi connectivity index (χ3v) is 3.69. The zero-order chi connectivity index (χ0) is 14.7. The summed E-state index contributed by atoms with van der Waals surface area (Å²) in [7, 11) is 0. The summed E-state index contributed by atoms with van der Waals surface area (Å²) < 4.78 is 0.988. The number of thiazole rings is 1. The van der Waals surface area contributed by atoms with Crippen LogP contribution in [0, 0.1) is 6.92 Å². The molecule has 20 heavy (non-hydrogen) atoms. The van der Waals surface area contributed by atoms with E-state index in [0.29, 0.717) is 11.7 Å². The van der Waals surface area contributed by atoms with E-state index < -0.39 is 12.0 Å². The van der Waals surface area contributed by atoms with Gasteiger partial charge in [-0.1, -0.05) is 17.4 Å². The Morgan fingerprint density at radius 1 is 1.45 bits per heavy atom. The number of nitrogens with one attached hydrogen (secondary N) is 1. The summed E-state index contributed by atoms with van der Waals surface area (Å²) in [5.74, 6) is -1.04. The fourth-order valence-corrected chi connectivity index (χ4v) is 2.70. The minimum absolute atomic E-state index is 0.322. The van der Waals surface area contributed by atoms with Crippen LogP contribution in [0.25, 0.3) is 10.2 Å². The maximum atomic E-state index is 11.9. The summed E-state index contributed by atoms with van der Waals surface area (Å²) >= 11 is 1.37. The standard InChI is InChI=1S/C13H15N3O3S/c1-3-16(7-11(17)18)13(19)15-12-14-9-5-4-8(2)6-10(9)20-12/h4-6H,3,7H2,1-2H3,(H,17,18)(H,14,15,19). The number of aryl methyl sites for hydroxylation is 1. The molecule has 0 spiro atoms. The average molecular weight is 293 g/mol. The lowest BCUT2D eigenvalue weighted by Gasteiger charge is -2.17. The Morgan fingerprint density at radius 2 is 2.20 bits per heavy atom. The number of anilines is 1. The van der Waals surface area contributed by atoms with Gasteiger partial charge in [0.1, 0.15) is 6.54 Å². The number of rotatable bonds is 4. The molecule has 0 aliphatic rings. The Bertz CT molecular complexity index is 653. The molecule has 2 N–H and O–H groups in total. The lowest BCUT2D eigenvalue weighted by Crippen LogP contribution is -2.38. The van der Waals surface area contributed by atoms with Crippen molar-refractivity contribution in [1.29, 1.82) is 0 Å². The van der Waals surface area contributed by atoms with Crippen LogP contribution in [0.15, 0.2) is 18.2 Å². The predicted molar refractivity (Wildman–Crippen MR) is 78.3 cm³/mol. The number of aliphatic carboxylic acids is 1. The van der Waals surface area contributed by atoms with E-state index in [1.165, 1.54) is 16.2 Å². The summed E-state index contributed by atoms with van der Waals surface area (Å²) in [6.45, 7) is 3.71. The Kier molecular flexibility index (Phi) is 4.19. The number of aromatic nitrogens is 1. The zero-order valence-corrected chi connectivity index (χ0v) is 12.0. The van der Waals surface area contributed by atoms with Gasteiger partial charge in [-0.15, -0.1) is 0 Å². The largest absolute Gasteiger partial charge is 0.480 e. The van der Waals surface area contributed by atoms with Crippen molar-refractivity contribution in [2.45, 2.75) is 13.8 Å². The minimum Gasteiger partial charge on any atom is -0.480 e. The molecule has 1 aromatic carbocycles. The Balaban J connectivity index is 2.14. The van der Waals surface area contributed by atoms with Crippen molar-refractivity contribution in [3.8, 4) is 0 Å². The first-order chi connectivity index (χ1) is 9.49. The molecule has 0 saturated heterocycles. The van der Waals surface area contributed by atoms with E-state index in [2.05, 4.69) is 10.3 Å². The molecule has 6 nitrogen and oxygen atoms in total. The Morgan fingerprint density at radius 3 is 2.85 bits per heavy atom. The number of hydrogen-bond acceptors (Lipinski definition) is 4. The van der Waals surface area contributed by atoms with Gasteiger partial charge in [0, 0.05) is 6.54 Å². The highest BCUT2D eigenvalue weighted by molar-refractivity contribution is 7.22. The fraction of sp³-hybridized carbons (Fsp3) is 0.308. The van der Waals surface area contributed by atoms with Gasteiger partial charge in [-0.25, -0.2) is 9.78 Å². The monoisotopic (exact) mass is 293 g/mol. The number of urea groups is 1. The Hall–Kier alpha value is -2.15. The van der Waals surface area contributed by atoms with Gasteiger partial charge in [0.2, 0.25) is 0 Å². The summed E-state index contributed by atoms with van der Waals surface area (Å²) in [5.41, 5.74) is 1.94. The second kappa shape index (κ2) is 5.87. The highest BCUT2D eigenvalue weighted by atomic mass is 32.1. The molecule has 106 valence electrons. The normalized spacial score (nSPS) is 10.5. The topological polar surface area (TPSA) is 82.5 Å². The van der Waals surface area contributed by atoms with Crippen LogP contribution in [0.2, 0.25) is 0 Å². The van der Waals surface area contributed by atoms with Gasteiger partial charge in [-0.3, -0.25) is 10.1 Å². The number of carboxylic acid groups (broad SMARTS) is 1. The number of hydrogen-bond donors (Lipinski definition) is 2. The number of amides is 2. The maximum Gasteiger partial charge on any atom is 0.324 e. The number of fused-ring (bicyclic) bond motifs is 1. The fourth-order valence-electron chi connectivity index (χ4n) is 1.75. The first kappa shape index (κ1) is 14.3. The number of carbonyl (C=O) groups excluding carboxylic acids is 1. The van der Waals surface area contributed by atoms with E-state index in [1.54, 1.807) is 6.92 Å². The minimum atomic E-state index is -1.04. The first-order valence-corrected chi connectivity index (χ1v) is 6.96. The summed E-state index contributed by atoms with van der Waals surface area (Å²) in [4.78, 5) is 28.1. The number of benzene rings is 1. The molecule has 7 heteroatoms. The van der Waals surface area contributed by atoms with Gasteiger partial charge >= 0.3 is 12.0 Å². The van der Waals surface area contributed by atoms with Crippen LogP contribution >= 0.6 is 11.3 Å². The van der Waals surface area contributed by atoms with Gasteiger partial charge in [0.15, 0.2) is 5.13 Å². The molecule has 0 unspecified atom stereocenters. The van der Waals surface area contributed by atoms with Crippen molar-refractivity contribution in [3.05, 3.63) is 23.8 Å². The third kappa shape index (κ3) is 3.24.